The first-order valence-electron chi connectivity index (χ1n) is 18.4. The summed E-state index contributed by atoms with van der Waals surface area (Å²) < 4.78 is 1.05. The molecule has 5 fully saturated rings. The Morgan fingerprint density at radius 2 is 1.78 bits per heavy atom. The lowest BCUT2D eigenvalue weighted by Crippen LogP contribution is -2.62. The molecule has 6 rings (SSSR count). The Balaban J connectivity index is 1.03. The van der Waals surface area contributed by atoms with Crippen molar-refractivity contribution < 1.29 is 24.6 Å². The van der Waals surface area contributed by atoms with Gasteiger partial charge in [0.05, 0.1) is 44.5 Å². The number of carbonyl (C=O) groups is 1. The fourth-order valence-corrected chi connectivity index (χ4v) is 11.8. The third-order valence-corrected chi connectivity index (χ3v) is 14.5. The van der Waals surface area contributed by atoms with Crippen molar-refractivity contribution in [2.75, 3.05) is 26.2 Å². The van der Waals surface area contributed by atoms with Gasteiger partial charge in [-0.25, -0.2) is 0 Å². The van der Waals surface area contributed by atoms with Crippen molar-refractivity contribution in [1.29, 1.82) is 0 Å². The summed E-state index contributed by atoms with van der Waals surface area (Å²) in [4.78, 5) is 13.1. The molecule has 11 atom stereocenters. The van der Waals surface area contributed by atoms with Crippen molar-refractivity contribution in [3.05, 3.63) is 42.0 Å². The minimum absolute atomic E-state index is 0.0964. The number of amides is 1. The van der Waals surface area contributed by atoms with Gasteiger partial charge in [-0.05, 0) is 103 Å². The predicted molar refractivity (Wildman–Crippen MR) is 180 cm³/mol. The molecule has 4 aliphatic carbocycles. The van der Waals surface area contributed by atoms with Crippen LogP contribution in [-0.4, -0.2) is 70.2 Å². The Labute approximate surface area is 272 Å². The van der Waals surface area contributed by atoms with Crippen LogP contribution in [0.5, 0.6) is 0 Å². The van der Waals surface area contributed by atoms with Crippen LogP contribution in [0.3, 0.4) is 0 Å². The normalized spacial score (nSPS) is 41.0. The molecular weight excluding hydrogens is 560 g/mol. The maximum Gasteiger partial charge on any atom is 0.220 e. The number of quaternary nitrogens is 1. The van der Waals surface area contributed by atoms with E-state index < -0.39 is 0 Å². The highest BCUT2D eigenvalue weighted by Crippen LogP contribution is 2.68. The first-order valence-corrected chi connectivity index (χ1v) is 18.4. The molecule has 0 unspecified atom stereocenters. The molecule has 1 aliphatic heterocycles. The zero-order valence-electron chi connectivity index (χ0n) is 28.3. The Hall–Kier alpha value is -1.73. The van der Waals surface area contributed by atoms with Crippen molar-refractivity contribution >= 4 is 12.0 Å². The summed E-state index contributed by atoms with van der Waals surface area (Å²) in [5.41, 5.74) is 2.39. The molecule has 1 saturated heterocycles. The number of nitrogens with one attached hydrogen (secondary N) is 1. The van der Waals surface area contributed by atoms with E-state index in [-0.39, 0.29) is 41.0 Å². The molecule has 4 saturated carbocycles. The number of hydrogen-bond donors (Lipinski definition) is 4. The lowest BCUT2D eigenvalue weighted by atomic mass is 9.43. The zero-order valence-corrected chi connectivity index (χ0v) is 28.3. The van der Waals surface area contributed by atoms with Crippen molar-refractivity contribution in [2.45, 2.75) is 116 Å². The van der Waals surface area contributed by atoms with Crippen LogP contribution in [0.2, 0.25) is 0 Å². The van der Waals surface area contributed by atoms with Crippen LogP contribution in [0.25, 0.3) is 6.08 Å². The van der Waals surface area contributed by atoms with Crippen LogP contribution in [-0.2, 0) is 11.3 Å². The van der Waals surface area contributed by atoms with Gasteiger partial charge in [0.2, 0.25) is 5.91 Å². The van der Waals surface area contributed by atoms with E-state index in [1.807, 2.05) is 6.08 Å². The van der Waals surface area contributed by atoms with E-state index in [9.17, 15) is 20.1 Å². The summed E-state index contributed by atoms with van der Waals surface area (Å²) >= 11 is 0. The fraction of sp³-hybridized carbons (Fsp3) is 0.769. The predicted octanol–water partition coefficient (Wildman–Crippen LogP) is 5.93. The molecule has 45 heavy (non-hydrogen) atoms. The molecule has 1 aromatic carbocycles. The largest absolute Gasteiger partial charge is 0.393 e. The molecule has 0 radical (unpaired) electrons. The Morgan fingerprint density at radius 3 is 2.49 bits per heavy atom. The van der Waals surface area contributed by atoms with Gasteiger partial charge in [0, 0.05) is 24.8 Å². The number of nitrogens with zero attached hydrogens (tertiary/aromatic N) is 1. The van der Waals surface area contributed by atoms with E-state index in [1.54, 1.807) is 0 Å². The van der Waals surface area contributed by atoms with Crippen LogP contribution in [0.4, 0.5) is 0 Å². The number of hydrogen-bond acceptors (Lipinski definition) is 4. The van der Waals surface area contributed by atoms with E-state index in [2.05, 4.69) is 56.9 Å². The molecular formula is C39H61N2O4+. The maximum absolute atomic E-state index is 13.1. The van der Waals surface area contributed by atoms with Gasteiger partial charge in [-0.3, -0.25) is 4.79 Å². The minimum atomic E-state index is -0.379. The highest BCUT2D eigenvalue weighted by Gasteiger charge is 2.65. The van der Waals surface area contributed by atoms with E-state index >= 15 is 0 Å². The second kappa shape index (κ2) is 13.1. The van der Waals surface area contributed by atoms with Crippen LogP contribution < -0.4 is 5.32 Å². The molecule has 4 N–H and O–H groups in total. The minimum Gasteiger partial charge on any atom is -0.393 e. The van der Waals surface area contributed by atoms with Gasteiger partial charge in [-0.15, -0.1) is 0 Å². The van der Waals surface area contributed by atoms with Crippen molar-refractivity contribution in [3.8, 4) is 0 Å². The zero-order chi connectivity index (χ0) is 32.0. The summed E-state index contributed by atoms with van der Waals surface area (Å²) in [5, 5.41) is 37.1. The van der Waals surface area contributed by atoms with Gasteiger partial charge in [0.1, 0.15) is 6.54 Å². The SMILES string of the molecule is C=Cc1ccc(C[N+]2(CCNC(=O)CC[C@@H](C)[C@H]3CC[C@H]4[C@@H]5[C@H](O)C[C@@H]6C[C@H](O)CC[C@]6(C)[C@H]5C[C@H](O)[C@]34C)CCCC2)cc1. The molecule has 1 aromatic rings. The molecule has 6 nitrogen and oxygen atoms in total. The molecule has 1 heterocycles. The van der Waals surface area contributed by atoms with Gasteiger partial charge in [0.25, 0.3) is 0 Å². The van der Waals surface area contributed by atoms with Gasteiger partial charge >= 0.3 is 0 Å². The smallest absolute Gasteiger partial charge is 0.220 e. The van der Waals surface area contributed by atoms with Crippen LogP contribution in [0, 0.1) is 46.3 Å². The summed E-state index contributed by atoms with van der Waals surface area (Å²) in [6, 6.07) is 8.73. The van der Waals surface area contributed by atoms with Crippen LogP contribution in [0.15, 0.2) is 30.8 Å². The Morgan fingerprint density at radius 1 is 1.04 bits per heavy atom. The van der Waals surface area contributed by atoms with Crippen molar-refractivity contribution in [1.82, 2.24) is 5.32 Å². The summed E-state index contributed by atoms with van der Waals surface area (Å²) in [7, 11) is 0. The van der Waals surface area contributed by atoms with Gasteiger partial charge in [-0.2, -0.15) is 0 Å². The van der Waals surface area contributed by atoms with Crippen molar-refractivity contribution in [2.24, 2.45) is 46.3 Å². The number of rotatable bonds is 10. The number of benzene rings is 1. The van der Waals surface area contributed by atoms with E-state index in [1.165, 1.54) is 31.5 Å². The number of aliphatic hydroxyl groups excluding tert-OH is 3. The highest BCUT2D eigenvalue weighted by molar-refractivity contribution is 5.75. The van der Waals surface area contributed by atoms with Gasteiger partial charge < -0.3 is 25.1 Å². The lowest BCUT2D eigenvalue weighted by Gasteiger charge is -2.63. The van der Waals surface area contributed by atoms with Gasteiger partial charge in [0.15, 0.2) is 0 Å². The summed E-state index contributed by atoms with van der Waals surface area (Å²) in [6.45, 7) is 15.9. The molecule has 1 amide bonds. The maximum atomic E-state index is 13.1. The lowest BCUT2D eigenvalue weighted by molar-refractivity contribution is -0.928. The second-order valence-electron chi connectivity index (χ2n) is 16.7. The average molecular weight is 622 g/mol. The first-order chi connectivity index (χ1) is 21.5. The first kappa shape index (κ1) is 33.2. The number of likely N-dealkylation sites (tertiary alicyclic amines) is 1. The average Bonchev–Trinajstić information content (AvgIpc) is 3.63. The van der Waals surface area contributed by atoms with E-state index in [4.69, 9.17) is 0 Å². The van der Waals surface area contributed by atoms with E-state index in [0.29, 0.717) is 36.0 Å². The monoisotopic (exact) mass is 621 g/mol. The summed E-state index contributed by atoms with van der Waals surface area (Å²) in [6.07, 6.45) is 11.1. The third-order valence-electron chi connectivity index (χ3n) is 14.5. The standard InChI is InChI=1S/C39H60N2O4/c1-5-27-9-11-28(12-10-27)25-41(19-6-7-20-41)21-18-40-36(45)15-8-26(2)31-13-14-32-37-33(24-35(44)39(31,32)4)38(3)17-16-30(42)22-29(38)23-34(37)43/h5,9-12,26,29-35,37,42-44H,1,6-8,13-25H2,2-4H3/p+1/t26-,29+,30-,31-,32+,33+,34-,35+,37+,38+,39-/m1/s1. The Kier molecular flexibility index (Phi) is 9.62. The molecule has 6 heteroatoms. The molecule has 250 valence electrons. The van der Waals surface area contributed by atoms with E-state index in [0.717, 1.165) is 81.0 Å². The molecule has 0 bridgehead atoms. The number of carbonyl (C=O) groups excluding carboxylic acids is 1. The number of aliphatic hydroxyl groups is 3. The second-order valence-corrected chi connectivity index (χ2v) is 16.7. The Bertz CT molecular complexity index is 1200. The molecule has 5 aliphatic rings. The van der Waals surface area contributed by atoms with Crippen molar-refractivity contribution in [3.63, 3.8) is 0 Å². The highest BCUT2D eigenvalue weighted by atomic mass is 16.3. The number of fused-ring (bicyclic) bond motifs is 5. The van der Waals surface area contributed by atoms with Gasteiger partial charge in [-0.1, -0.05) is 57.7 Å². The topological polar surface area (TPSA) is 89.8 Å². The summed E-state index contributed by atoms with van der Waals surface area (Å²) in [5.74, 6) is 2.08. The van der Waals surface area contributed by atoms with Crippen LogP contribution in [0.1, 0.15) is 103 Å². The third kappa shape index (κ3) is 6.19. The molecule has 0 aromatic heterocycles. The van der Waals surface area contributed by atoms with Crippen LogP contribution >= 0.6 is 0 Å². The molecule has 0 spiro atoms. The quantitative estimate of drug-likeness (QED) is 0.244. The fourth-order valence-electron chi connectivity index (χ4n) is 11.8.